The Kier molecular flexibility index (Phi) is 5.00. The van der Waals surface area contributed by atoms with Crippen LogP contribution in [0.2, 0.25) is 5.02 Å². The van der Waals surface area contributed by atoms with Crippen LogP contribution in [0.3, 0.4) is 0 Å². The summed E-state index contributed by atoms with van der Waals surface area (Å²) in [5.41, 5.74) is 0. The van der Waals surface area contributed by atoms with Crippen LogP contribution in [-0.2, 0) is 0 Å². The SMILES string of the molecule is CCSC1CCCC1Nc1ncc(Br)cc1Cl. The predicted molar refractivity (Wildman–Crippen MR) is 80.1 cm³/mol. The van der Waals surface area contributed by atoms with E-state index in [0.717, 1.165) is 10.3 Å². The van der Waals surface area contributed by atoms with E-state index in [1.165, 1.54) is 25.0 Å². The number of nitrogens with one attached hydrogen (secondary N) is 1. The van der Waals surface area contributed by atoms with Crippen LogP contribution in [-0.4, -0.2) is 22.0 Å². The number of pyridine rings is 1. The fraction of sp³-hybridized carbons (Fsp3) is 0.583. The molecule has 17 heavy (non-hydrogen) atoms. The third-order valence-electron chi connectivity index (χ3n) is 2.96. The number of halogens is 2. The zero-order valence-electron chi connectivity index (χ0n) is 9.75. The average Bonchev–Trinajstić information content (AvgIpc) is 2.71. The second-order valence-electron chi connectivity index (χ2n) is 4.16. The summed E-state index contributed by atoms with van der Waals surface area (Å²) in [7, 11) is 0. The smallest absolute Gasteiger partial charge is 0.145 e. The van der Waals surface area contributed by atoms with Crippen LogP contribution >= 0.6 is 39.3 Å². The van der Waals surface area contributed by atoms with E-state index in [9.17, 15) is 0 Å². The Morgan fingerprint density at radius 3 is 3.12 bits per heavy atom. The molecule has 1 N–H and O–H groups in total. The minimum absolute atomic E-state index is 0.506. The van der Waals surface area contributed by atoms with Crippen LogP contribution in [0.25, 0.3) is 0 Å². The first-order chi connectivity index (χ1) is 8.20. The molecule has 94 valence electrons. The third-order valence-corrected chi connectivity index (χ3v) is 5.01. The number of thioether (sulfide) groups is 1. The summed E-state index contributed by atoms with van der Waals surface area (Å²) in [6, 6.07) is 2.39. The van der Waals surface area contributed by atoms with Crippen molar-refractivity contribution in [2.24, 2.45) is 0 Å². The first-order valence-electron chi connectivity index (χ1n) is 5.90. The molecule has 1 aliphatic rings. The Bertz CT molecular complexity index is 389. The summed E-state index contributed by atoms with van der Waals surface area (Å²) in [6.07, 6.45) is 5.59. The molecule has 0 aliphatic heterocycles. The molecule has 0 spiro atoms. The molecule has 2 rings (SSSR count). The van der Waals surface area contributed by atoms with Crippen molar-refractivity contribution in [1.29, 1.82) is 0 Å². The van der Waals surface area contributed by atoms with Crippen LogP contribution in [0.5, 0.6) is 0 Å². The molecule has 5 heteroatoms. The Morgan fingerprint density at radius 1 is 1.59 bits per heavy atom. The summed E-state index contributed by atoms with van der Waals surface area (Å²) in [5.74, 6) is 1.98. The van der Waals surface area contributed by atoms with Crippen molar-refractivity contribution in [3.8, 4) is 0 Å². The lowest BCUT2D eigenvalue weighted by Gasteiger charge is -2.21. The van der Waals surface area contributed by atoms with Gasteiger partial charge < -0.3 is 5.32 Å². The van der Waals surface area contributed by atoms with Crippen molar-refractivity contribution in [2.75, 3.05) is 11.1 Å². The molecule has 1 heterocycles. The average molecular weight is 336 g/mol. The largest absolute Gasteiger partial charge is 0.365 e. The molecule has 1 saturated carbocycles. The van der Waals surface area contributed by atoms with E-state index in [1.807, 2.05) is 17.8 Å². The molecule has 0 saturated heterocycles. The molecule has 2 nitrogen and oxygen atoms in total. The molecule has 1 aliphatic carbocycles. The highest BCUT2D eigenvalue weighted by Crippen LogP contribution is 2.33. The number of aromatic nitrogens is 1. The summed E-state index contributed by atoms with van der Waals surface area (Å²) >= 11 is 11.6. The van der Waals surface area contributed by atoms with Gasteiger partial charge >= 0.3 is 0 Å². The minimum Gasteiger partial charge on any atom is -0.365 e. The third kappa shape index (κ3) is 3.52. The lowest BCUT2D eigenvalue weighted by atomic mass is 10.2. The van der Waals surface area contributed by atoms with E-state index in [1.54, 1.807) is 6.20 Å². The van der Waals surface area contributed by atoms with Crippen molar-refractivity contribution < 1.29 is 0 Å². The number of rotatable bonds is 4. The topological polar surface area (TPSA) is 24.9 Å². The molecule has 2 unspecified atom stereocenters. The van der Waals surface area contributed by atoms with Crippen LogP contribution < -0.4 is 5.32 Å². The normalized spacial score (nSPS) is 23.9. The summed E-state index contributed by atoms with van der Waals surface area (Å²) in [6.45, 7) is 2.21. The fourth-order valence-corrected chi connectivity index (χ4v) is 4.08. The van der Waals surface area contributed by atoms with Gasteiger partial charge in [0, 0.05) is 22.0 Å². The number of hydrogen-bond donors (Lipinski definition) is 1. The first kappa shape index (κ1) is 13.5. The van der Waals surface area contributed by atoms with E-state index in [0.29, 0.717) is 16.3 Å². The zero-order chi connectivity index (χ0) is 12.3. The van der Waals surface area contributed by atoms with Crippen LogP contribution in [0, 0.1) is 0 Å². The monoisotopic (exact) mass is 334 g/mol. The van der Waals surface area contributed by atoms with Gasteiger partial charge in [0.05, 0.1) is 5.02 Å². The first-order valence-corrected chi connectivity index (χ1v) is 8.12. The van der Waals surface area contributed by atoms with Crippen LogP contribution in [0.1, 0.15) is 26.2 Å². The summed E-state index contributed by atoms with van der Waals surface area (Å²) in [5, 5.41) is 4.87. The zero-order valence-corrected chi connectivity index (χ0v) is 12.9. The van der Waals surface area contributed by atoms with Gasteiger partial charge in [-0.15, -0.1) is 0 Å². The number of nitrogens with zero attached hydrogens (tertiary/aromatic N) is 1. The molecule has 0 aromatic carbocycles. The maximum absolute atomic E-state index is 6.17. The van der Waals surface area contributed by atoms with Gasteiger partial charge in [-0.1, -0.05) is 24.9 Å². The molecule has 0 radical (unpaired) electrons. The van der Waals surface area contributed by atoms with E-state index >= 15 is 0 Å². The molecule has 0 bridgehead atoms. The highest BCUT2D eigenvalue weighted by molar-refractivity contribution is 9.10. The maximum Gasteiger partial charge on any atom is 0.145 e. The van der Waals surface area contributed by atoms with Gasteiger partial charge in [-0.05, 0) is 40.6 Å². The van der Waals surface area contributed by atoms with Crippen molar-refractivity contribution in [3.05, 3.63) is 21.8 Å². The van der Waals surface area contributed by atoms with Crippen LogP contribution in [0.15, 0.2) is 16.7 Å². The van der Waals surface area contributed by atoms with Gasteiger partial charge in [0.15, 0.2) is 0 Å². The van der Waals surface area contributed by atoms with E-state index in [2.05, 4.69) is 33.2 Å². The summed E-state index contributed by atoms with van der Waals surface area (Å²) in [4.78, 5) is 4.34. The van der Waals surface area contributed by atoms with Gasteiger partial charge in [-0.2, -0.15) is 11.8 Å². The summed E-state index contributed by atoms with van der Waals surface area (Å²) < 4.78 is 0.916. The molecular formula is C12H16BrClN2S. The van der Waals surface area contributed by atoms with Gasteiger partial charge in [0.1, 0.15) is 5.82 Å². The molecular weight excluding hydrogens is 320 g/mol. The highest BCUT2D eigenvalue weighted by atomic mass is 79.9. The van der Waals surface area contributed by atoms with Gasteiger partial charge in [-0.25, -0.2) is 4.98 Å². The highest BCUT2D eigenvalue weighted by Gasteiger charge is 2.27. The lowest BCUT2D eigenvalue weighted by molar-refractivity contribution is 0.762. The maximum atomic E-state index is 6.17. The number of anilines is 1. The Hall–Kier alpha value is 0.0700. The van der Waals surface area contributed by atoms with E-state index in [4.69, 9.17) is 11.6 Å². The second kappa shape index (κ2) is 6.30. The standard InChI is InChI=1S/C12H16BrClN2S/c1-2-17-11-5-3-4-10(11)16-12-9(14)6-8(13)7-15-12/h6-7,10-11H,2-5H2,1H3,(H,15,16). The van der Waals surface area contributed by atoms with Crippen LogP contribution in [0.4, 0.5) is 5.82 Å². The molecule has 2 atom stereocenters. The fourth-order valence-electron chi connectivity index (χ4n) is 2.20. The molecule has 1 fully saturated rings. The lowest BCUT2D eigenvalue weighted by Crippen LogP contribution is -2.26. The minimum atomic E-state index is 0.506. The van der Waals surface area contributed by atoms with Gasteiger partial charge in [0.2, 0.25) is 0 Å². The van der Waals surface area contributed by atoms with Crippen molar-refractivity contribution in [3.63, 3.8) is 0 Å². The Balaban J connectivity index is 2.04. The van der Waals surface area contributed by atoms with Crippen molar-refractivity contribution >= 4 is 45.1 Å². The molecule has 1 aromatic rings. The number of hydrogen-bond acceptors (Lipinski definition) is 3. The quantitative estimate of drug-likeness (QED) is 0.871. The van der Waals surface area contributed by atoms with Crippen molar-refractivity contribution in [1.82, 2.24) is 4.98 Å². The molecule has 1 aromatic heterocycles. The molecule has 0 amide bonds. The van der Waals surface area contributed by atoms with E-state index < -0.39 is 0 Å². The Morgan fingerprint density at radius 2 is 2.41 bits per heavy atom. The van der Waals surface area contributed by atoms with Gasteiger partial charge in [-0.3, -0.25) is 0 Å². The Labute approximate surface area is 120 Å². The van der Waals surface area contributed by atoms with E-state index in [-0.39, 0.29) is 0 Å². The second-order valence-corrected chi connectivity index (χ2v) is 7.00. The van der Waals surface area contributed by atoms with Gasteiger partial charge in [0.25, 0.3) is 0 Å². The van der Waals surface area contributed by atoms with Crippen molar-refractivity contribution in [2.45, 2.75) is 37.5 Å². The predicted octanol–water partition coefficient (Wildman–Crippen LogP) is 4.58.